The van der Waals surface area contributed by atoms with Crippen LogP contribution in [0.15, 0.2) is 43.0 Å². The molecule has 0 saturated carbocycles. The van der Waals surface area contributed by atoms with E-state index in [1.54, 1.807) is 12.1 Å². The van der Waals surface area contributed by atoms with Crippen LogP contribution in [0, 0.1) is 12.7 Å². The molecule has 0 amide bonds. The summed E-state index contributed by atoms with van der Waals surface area (Å²) in [6.07, 6.45) is 1.75. The molecule has 0 spiro atoms. The molecule has 0 saturated heterocycles. The lowest BCUT2D eigenvalue weighted by Crippen LogP contribution is -1.87. The van der Waals surface area contributed by atoms with Crippen molar-refractivity contribution < 1.29 is 4.39 Å². The zero-order valence-electron chi connectivity index (χ0n) is 9.50. The fourth-order valence-electron chi connectivity index (χ4n) is 1.79. The molecule has 0 atom stereocenters. The van der Waals surface area contributed by atoms with Crippen LogP contribution in [0.5, 0.6) is 0 Å². The van der Waals surface area contributed by atoms with Gasteiger partial charge in [-0.2, -0.15) is 0 Å². The molecule has 0 unspecified atom stereocenters. The summed E-state index contributed by atoms with van der Waals surface area (Å²) >= 11 is 6.11. The Labute approximate surface area is 105 Å². The van der Waals surface area contributed by atoms with Gasteiger partial charge in [0.05, 0.1) is 0 Å². The SMILES string of the molecule is C=Cc1ccc(C)cc1-c1cc(F)ccc1Cl. The van der Waals surface area contributed by atoms with Crippen LogP contribution in [0.1, 0.15) is 11.1 Å². The predicted molar refractivity (Wildman–Crippen MR) is 71.7 cm³/mol. The first-order chi connectivity index (χ1) is 8.11. The third-order valence-corrected chi connectivity index (χ3v) is 2.98. The van der Waals surface area contributed by atoms with Crippen LogP contribution in [0.3, 0.4) is 0 Å². The van der Waals surface area contributed by atoms with E-state index in [-0.39, 0.29) is 5.82 Å². The molecule has 0 aliphatic rings. The van der Waals surface area contributed by atoms with Crippen LogP contribution in [0.25, 0.3) is 17.2 Å². The highest BCUT2D eigenvalue weighted by Crippen LogP contribution is 2.32. The Hall–Kier alpha value is -1.60. The van der Waals surface area contributed by atoms with Crippen molar-refractivity contribution in [2.24, 2.45) is 0 Å². The first-order valence-corrected chi connectivity index (χ1v) is 5.68. The lowest BCUT2D eigenvalue weighted by Gasteiger charge is -2.09. The van der Waals surface area contributed by atoms with Crippen LogP contribution in [0.4, 0.5) is 4.39 Å². The maximum Gasteiger partial charge on any atom is 0.123 e. The largest absolute Gasteiger partial charge is 0.207 e. The number of aryl methyl sites for hydroxylation is 1. The molecule has 0 nitrogen and oxygen atoms in total. The van der Waals surface area contributed by atoms with E-state index in [4.69, 9.17) is 11.6 Å². The Morgan fingerprint density at radius 2 is 1.88 bits per heavy atom. The molecular formula is C15H12ClF. The summed E-state index contributed by atoms with van der Waals surface area (Å²) in [5, 5.41) is 0.542. The third-order valence-electron chi connectivity index (χ3n) is 2.65. The van der Waals surface area contributed by atoms with Crippen LogP contribution in [0.2, 0.25) is 5.02 Å². The van der Waals surface area contributed by atoms with Gasteiger partial charge in [-0.1, -0.05) is 48.0 Å². The number of hydrogen-bond acceptors (Lipinski definition) is 0. The molecule has 0 aromatic heterocycles. The zero-order valence-corrected chi connectivity index (χ0v) is 10.3. The van der Waals surface area contributed by atoms with Crippen molar-refractivity contribution in [1.82, 2.24) is 0 Å². The predicted octanol–water partition coefficient (Wildman–Crippen LogP) is 5.10. The maximum absolute atomic E-state index is 13.3. The molecule has 0 fully saturated rings. The highest BCUT2D eigenvalue weighted by molar-refractivity contribution is 6.33. The van der Waals surface area contributed by atoms with Gasteiger partial charge < -0.3 is 0 Å². The molecule has 0 aliphatic carbocycles. The summed E-state index contributed by atoms with van der Waals surface area (Å²) < 4.78 is 13.3. The van der Waals surface area contributed by atoms with Crippen molar-refractivity contribution in [3.8, 4) is 11.1 Å². The van der Waals surface area contributed by atoms with Gasteiger partial charge in [-0.25, -0.2) is 4.39 Å². The molecule has 2 heteroatoms. The summed E-state index contributed by atoms with van der Waals surface area (Å²) in [6.45, 7) is 5.75. The molecule has 86 valence electrons. The van der Waals surface area contributed by atoms with E-state index in [0.717, 1.165) is 16.7 Å². The maximum atomic E-state index is 13.3. The third kappa shape index (κ3) is 2.40. The van der Waals surface area contributed by atoms with E-state index in [0.29, 0.717) is 10.6 Å². The number of hydrogen-bond donors (Lipinski definition) is 0. The van der Waals surface area contributed by atoms with Gasteiger partial charge in [-0.3, -0.25) is 0 Å². The molecule has 0 N–H and O–H groups in total. The van der Waals surface area contributed by atoms with Crippen LogP contribution >= 0.6 is 11.6 Å². The monoisotopic (exact) mass is 246 g/mol. The highest BCUT2D eigenvalue weighted by Gasteiger charge is 2.08. The first-order valence-electron chi connectivity index (χ1n) is 5.30. The minimum atomic E-state index is -0.291. The average Bonchev–Trinajstić information content (AvgIpc) is 2.32. The molecule has 2 aromatic carbocycles. The minimum Gasteiger partial charge on any atom is -0.207 e. The van der Waals surface area contributed by atoms with Gasteiger partial charge in [0.2, 0.25) is 0 Å². The van der Waals surface area contributed by atoms with E-state index in [2.05, 4.69) is 6.58 Å². The molecule has 0 bridgehead atoms. The number of halogens is 2. The van der Waals surface area contributed by atoms with Gasteiger partial charge in [0, 0.05) is 10.6 Å². The normalized spacial score (nSPS) is 10.3. The fraction of sp³-hybridized carbons (Fsp3) is 0.0667. The minimum absolute atomic E-state index is 0.291. The Kier molecular flexibility index (Phi) is 3.30. The highest BCUT2D eigenvalue weighted by atomic mass is 35.5. The van der Waals surface area contributed by atoms with E-state index in [9.17, 15) is 4.39 Å². The lowest BCUT2D eigenvalue weighted by molar-refractivity contribution is 0.628. The fourth-order valence-corrected chi connectivity index (χ4v) is 2.00. The molecule has 2 aromatic rings. The average molecular weight is 247 g/mol. The quantitative estimate of drug-likeness (QED) is 0.692. The van der Waals surface area contributed by atoms with Crippen molar-refractivity contribution in [2.45, 2.75) is 6.92 Å². The standard InChI is InChI=1S/C15H12ClF/c1-3-11-5-4-10(2)8-13(11)14-9-12(17)6-7-15(14)16/h3-9H,1H2,2H3. The van der Waals surface area contributed by atoms with Crippen molar-refractivity contribution >= 4 is 17.7 Å². The Bertz CT molecular complexity index is 573. The van der Waals surface area contributed by atoms with Gasteiger partial charge >= 0.3 is 0 Å². The molecule has 17 heavy (non-hydrogen) atoms. The van der Waals surface area contributed by atoms with Gasteiger partial charge in [0.1, 0.15) is 5.82 Å². The molecule has 0 heterocycles. The topological polar surface area (TPSA) is 0 Å². The Morgan fingerprint density at radius 1 is 1.12 bits per heavy atom. The molecule has 2 rings (SSSR count). The van der Waals surface area contributed by atoms with Gasteiger partial charge in [-0.05, 0) is 36.2 Å². The van der Waals surface area contributed by atoms with Crippen molar-refractivity contribution in [3.63, 3.8) is 0 Å². The van der Waals surface area contributed by atoms with Gasteiger partial charge in [-0.15, -0.1) is 0 Å². The smallest absolute Gasteiger partial charge is 0.123 e. The number of benzene rings is 2. The summed E-state index contributed by atoms with van der Waals surface area (Å²) in [5.74, 6) is -0.291. The van der Waals surface area contributed by atoms with Crippen molar-refractivity contribution in [3.05, 3.63) is 64.9 Å². The van der Waals surface area contributed by atoms with Crippen LogP contribution in [-0.4, -0.2) is 0 Å². The summed E-state index contributed by atoms with van der Waals surface area (Å²) in [4.78, 5) is 0. The molecule has 0 radical (unpaired) electrons. The lowest BCUT2D eigenvalue weighted by atomic mass is 9.97. The van der Waals surface area contributed by atoms with E-state index in [1.165, 1.54) is 12.1 Å². The summed E-state index contributed by atoms with van der Waals surface area (Å²) in [6, 6.07) is 10.3. The second-order valence-corrected chi connectivity index (χ2v) is 4.33. The molecular weight excluding hydrogens is 235 g/mol. The van der Waals surface area contributed by atoms with Crippen molar-refractivity contribution in [1.29, 1.82) is 0 Å². The molecule has 0 aliphatic heterocycles. The first kappa shape index (κ1) is 11.9. The summed E-state index contributed by atoms with van der Waals surface area (Å²) in [5.41, 5.74) is 3.66. The Balaban J connectivity index is 2.70. The van der Waals surface area contributed by atoms with Crippen molar-refractivity contribution in [2.75, 3.05) is 0 Å². The van der Waals surface area contributed by atoms with Gasteiger partial charge in [0.25, 0.3) is 0 Å². The van der Waals surface area contributed by atoms with E-state index in [1.807, 2.05) is 25.1 Å². The Morgan fingerprint density at radius 3 is 2.59 bits per heavy atom. The van der Waals surface area contributed by atoms with Crippen LogP contribution < -0.4 is 0 Å². The second kappa shape index (κ2) is 4.72. The zero-order chi connectivity index (χ0) is 12.4. The van der Waals surface area contributed by atoms with E-state index >= 15 is 0 Å². The summed E-state index contributed by atoms with van der Waals surface area (Å²) in [7, 11) is 0. The number of rotatable bonds is 2. The van der Waals surface area contributed by atoms with E-state index < -0.39 is 0 Å². The van der Waals surface area contributed by atoms with Crippen LogP contribution in [-0.2, 0) is 0 Å². The van der Waals surface area contributed by atoms with Gasteiger partial charge in [0.15, 0.2) is 0 Å². The second-order valence-electron chi connectivity index (χ2n) is 3.92.